The second-order valence-electron chi connectivity index (χ2n) is 9.49. The average Bonchev–Trinajstić information content (AvgIpc) is 3.70. The van der Waals surface area contributed by atoms with Gasteiger partial charge >= 0.3 is 5.97 Å². The third kappa shape index (κ3) is 5.57. The Morgan fingerprint density at radius 1 is 1.11 bits per heavy atom. The van der Waals surface area contributed by atoms with Crippen molar-refractivity contribution < 1.29 is 23.8 Å². The Hall–Kier alpha value is -3.72. The first-order valence-electron chi connectivity index (χ1n) is 12.6. The standard InChI is InChI=1S/C29H31N3O5S/c1-18-26(28(34)37-16-20-7-5-4-6-8-20)27(23-14-22(35-2)11-12-24(23)36-3)32-21(17-38-29(32)31-18)13-25(33)30-15-19-9-10-19/h4-8,11-12,14,17,19,27H,9-10,13,15-16H2,1-3H3,(H,30,33)/t27-/m0/s1. The SMILES string of the molecule is COc1ccc(OC)c([C@H]2C(C(=O)OCc3ccccc3)=C(C)N=C3SC=C(CC(=O)NCC4CC4)N32)c1. The van der Waals surface area contributed by atoms with Crippen LogP contribution in [-0.4, -0.2) is 42.7 Å². The molecule has 9 heteroatoms. The molecule has 1 N–H and O–H groups in total. The molecular formula is C29H31N3O5S. The molecule has 2 aromatic carbocycles. The molecule has 0 aromatic heterocycles. The lowest BCUT2D eigenvalue weighted by Gasteiger charge is -2.37. The average molecular weight is 534 g/mol. The van der Waals surface area contributed by atoms with Crippen LogP contribution in [0.1, 0.15) is 43.4 Å². The van der Waals surface area contributed by atoms with Crippen molar-refractivity contribution in [3.05, 3.63) is 82.0 Å². The molecule has 8 nitrogen and oxygen atoms in total. The van der Waals surface area contributed by atoms with Gasteiger partial charge in [-0.25, -0.2) is 9.79 Å². The summed E-state index contributed by atoms with van der Waals surface area (Å²) in [6, 6.07) is 14.4. The lowest BCUT2D eigenvalue weighted by Crippen LogP contribution is -2.38. The normalized spacial score (nSPS) is 18.4. The Morgan fingerprint density at radius 3 is 2.61 bits per heavy atom. The number of nitrogens with zero attached hydrogens (tertiary/aromatic N) is 2. The van der Waals surface area contributed by atoms with E-state index in [1.165, 1.54) is 11.8 Å². The molecule has 2 heterocycles. The van der Waals surface area contributed by atoms with Gasteiger partial charge in [0.2, 0.25) is 5.91 Å². The predicted octanol–water partition coefficient (Wildman–Crippen LogP) is 4.94. The largest absolute Gasteiger partial charge is 0.497 e. The van der Waals surface area contributed by atoms with E-state index in [1.54, 1.807) is 14.2 Å². The smallest absolute Gasteiger partial charge is 0.338 e. The lowest BCUT2D eigenvalue weighted by molar-refractivity contribution is -0.141. The molecule has 0 spiro atoms. The van der Waals surface area contributed by atoms with Crippen molar-refractivity contribution in [2.75, 3.05) is 20.8 Å². The zero-order valence-electron chi connectivity index (χ0n) is 21.7. The summed E-state index contributed by atoms with van der Waals surface area (Å²) in [6.45, 7) is 2.64. The highest BCUT2D eigenvalue weighted by Gasteiger charge is 2.42. The number of amides is 1. The van der Waals surface area contributed by atoms with Gasteiger partial charge < -0.3 is 24.4 Å². The molecule has 2 aromatic rings. The molecule has 1 aliphatic carbocycles. The van der Waals surface area contributed by atoms with E-state index in [1.807, 2.05) is 65.8 Å². The number of fused-ring (bicyclic) bond motifs is 1. The number of rotatable bonds is 10. The van der Waals surface area contributed by atoms with Crippen LogP contribution >= 0.6 is 11.8 Å². The van der Waals surface area contributed by atoms with Gasteiger partial charge in [0.25, 0.3) is 0 Å². The zero-order valence-corrected chi connectivity index (χ0v) is 22.5. The van der Waals surface area contributed by atoms with Crippen molar-refractivity contribution in [3.8, 4) is 11.5 Å². The highest BCUT2D eigenvalue weighted by Crippen LogP contribution is 2.47. The Kier molecular flexibility index (Phi) is 7.74. The molecule has 198 valence electrons. The van der Waals surface area contributed by atoms with E-state index in [-0.39, 0.29) is 18.9 Å². The summed E-state index contributed by atoms with van der Waals surface area (Å²) in [5, 5.41) is 5.67. The van der Waals surface area contributed by atoms with Crippen molar-refractivity contribution in [1.29, 1.82) is 0 Å². The number of methoxy groups -OCH3 is 2. The van der Waals surface area contributed by atoms with E-state index in [2.05, 4.69) is 5.32 Å². The maximum atomic E-state index is 13.7. The first-order valence-corrected chi connectivity index (χ1v) is 13.5. The number of ether oxygens (including phenoxy) is 3. The number of allylic oxidation sites excluding steroid dienone is 1. The van der Waals surface area contributed by atoms with Crippen LogP contribution in [0.4, 0.5) is 0 Å². The number of carbonyl (C=O) groups is 2. The summed E-state index contributed by atoms with van der Waals surface area (Å²) >= 11 is 1.44. The second kappa shape index (κ2) is 11.3. The van der Waals surface area contributed by atoms with E-state index in [4.69, 9.17) is 19.2 Å². The van der Waals surface area contributed by atoms with E-state index in [0.29, 0.717) is 40.4 Å². The van der Waals surface area contributed by atoms with Crippen LogP contribution in [0.2, 0.25) is 0 Å². The number of amidine groups is 1. The van der Waals surface area contributed by atoms with Crippen molar-refractivity contribution in [3.63, 3.8) is 0 Å². The van der Waals surface area contributed by atoms with Gasteiger partial charge in [-0.05, 0) is 54.9 Å². The number of esters is 1. The predicted molar refractivity (Wildman–Crippen MR) is 147 cm³/mol. The molecule has 1 atom stereocenters. The number of nitrogens with one attached hydrogen (secondary N) is 1. The van der Waals surface area contributed by atoms with Gasteiger partial charge in [0, 0.05) is 17.8 Å². The topological polar surface area (TPSA) is 89.5 Å². The summed E-state index contributed by atoms with van der Waals surface area (Å²) < 4.78 is 17.0. The maximum Gasteiger partial charge on any atom is 0.338 e. The number of hydrogen-bond acceptors (Lipinski definition) is 8. The first-order chi connectivity index (χ1) is 18.5. The number of hydrogen-bond donors (Lipinski definition) is 1. The van der Waals surface area contributed by atoms with Gasteiger partial charge in [-0.1, -0.05) is 42.1 Å². The Morgan fingerprint density at radius 2 is 1.89 bits per heavy atom. The number of benzene rings is 2. The fourth-order valence-corrected chi connectivity index (χ4v) is 5.55. The third-order valence-electron chi connectivity index (χ3n) is 6.79. The van der Waals surface area contributed by atoms with Gasteiger partial charge in [-0.3, -0.25) is 4.79 Å². The second-order valence-corrected chi connectivity index (χ2v) is 10.3. The highest BCUT2D eigenvalue weighted by molar-refractivity contribution is 8.16. The Bertz CT molecular complexity index is 1320. The summed E-state index contributed by atoms with van der Waals surface area (Å²) in [5.74, 6) is 1.27. The van der Waals surface area contributed by atoms with Crippen LogP contribution in [0.25, 0.3) is 0 Å². The molecule has 1 fully saturated rings. The number of carbonyl (C=O) groups excluding carboxylic acids is 2. The fourth-order valence-electron chi connectivity index (χ4n) is 4.59. The molecular weight excluding hydrogens is 502 g/mol. The summed E-state index contributed by atoms with van der Waals surface area (Å²) in [5.41, 5.74) is 3.32. The van der Waals surface area contributed by atoms with Crippen LogP contribution in [0, 0.1) is 5.92 Å². The summed E-state index contributed by atoms with van der Waals surface area (Å²) in [6.07, 6.45) is 2.50. The van der Waals surface area contributed by atoms with Crippen LogP contribution in [0.5, 0.6) is 11.5 Å². The minimum atomic E-state index is -0.617. The quantitative estimate of drug-likeness (QED) is 0.433. The van der Waals surface area contributed by atoms with Crippen molar-refractivity contribution in [2.45, 2.75) is 38.8 Å². The molecule has 3 aliphatic rings. The Balaban J connectivity index is 1.50. The molecule has 2 aliphatic heterocycles. The number of aliphatic imine (C=N–C) groups is 1. The van der Waals surface area contributed by atoms with Crippen LogP contribution < -0.4 is 14.8 Å². The van der Waals surface area contributed by atoms with E-state index in [9.17, 15) is 9.59 Å². The lowest BCUT2D eigenvalue weighted by atomic mass is 9.92. The van der Waals surface area contributed by atoms with E-state index < -0.39 is 12.0 Å². The summed E-state index contributed by atoms with van der Waals surface area (Å²) in [4.78, 5) is 33.2. The minimum absolute atomic E-state index is 0.0548. The van der Waals surface area contributed by atoms with Crippen molar-refractivity contribution in [2.24, 2.45) is 10.9 Å². The molecule has 0 bridgehead atoms. The molecule has 1 saturated carbocycles. The maximum absolute atomic E-state index is 13.7. The van der Waals surface area contributed by atoms with Crippen molar-refractivity contribution >= 4 is 28.8 Å². The van der Waals surface area contributed by atoms with Gasteiger partial charge in [-0.15, -0.1) is 0 Å². The van der Waals surface area contributed by atoms with Crippen LogP contribution in [0.15, 0.2) is 75.9 Å². The van der Waals surface area contributed by atoms with Gasteiger partial charge in [-0.2, -0.15) is 0 Å². The van der Waals surface area contributed by atoms with Crippen LogP contribution in [0.3, 0.4) is 0 Å². The first kappa shape index (κ1) is 25.9. The van der Waals surface area contributed by atoms with Crippen LogP contribution in [-0.2, 0) is 20.9 Å². The molecule has 1 amide bonds. The minimum Gasteiger partial charge on any atom is -0.497 e. The van der Waals surface area contributed by atoms with Gasteiger partial charge in [0.1, 0.15) is 18.1 Å². The van der Waals surface area contributed by atoms with E-state index >= 15 is 0 Å². The molecule has 0 unspecified atom stereocenters. The molecule has 5 rings (SSSR count). The molecule has 38 heavy (non-hydrogen) atoms. The highest BCUT2D eigenvalue weighted by atomic mass is 32.2. The zero-order chi connectivity index (χ0) is 26.6. The monoisotopic (exact) mass is 533 g/mol. The number of thioether (sulfide) groups is 1. The Labute approximate surface area is 226 Å². The third-order valence-corrected chi connectivity index (χ3v) is 7.68. The van der Waals surface area contributed by atoms with Gasteiger partial charge in [0.15, 0.2) is 5.17 Å². The van der Waals surface area contributed by atoms with Gasteiger partial charge in [0.05, 0.1) is 38.0 Å². The molecule has 0 saturated heterocycles. The van der Waals surface area contributed by atoms with E-state index in [0.717, 1.165) is 29.7 Å². The summed E-state index contributed by atoms with van der Waals surface area (Å²) in [7, 11) is 3.19. The fraction of sp³-hybridized carbons (Fsp3) is 0.345. The van der Waals surface area contributed by atoms with Crippen molar-refractivity contribution in [1.82, 2.24) is 10.2 Å². The molecule has 0 radical (unpaired) electrons.